The standard InChI is InChI=1S/C19H26N2O3/c1-4-11-21-12-8-16(9-13-21)19(22)20-10-7-15-5-6-17(23-2)18(14-15)24-3/h1,5-6,14,16H,7-13H2,2-3H3,(H,20,22). The molecule has 1 aliphatic rings. The number of nitrogens with one attached hydrogen (secondary N) is 1. The van der Waals surface area contributed by atoms with Crippen molar-refractivity contribution in [1.29, 1.82) is 0 Å². The van der Waals surface area contributed by atoms with Gasteiger partial charge in [0, 0.05) is 12.5 Å². The number of likely N-dealkylation sites (tertiary alicyclic amines) is 1. The molecule has 1 aromatic rings. The molecule has 1 heterocycles. The summed E-state index contributed by atoms with van der Waals surface area (Å²) in [4.78, 5) is 14.5. The summed E-state index contributed by atoms with van der Waals surface area (Å²) in [6, 6.07) is 5.83. The summed E-state index contributed by atoms with van der Waals surface area (Å²) in [6.45, 7) is 3.10. The number of terminal acetylenes is 1. The summed E-state index contributed by atoms with van der Waals surface area (Å²) in [6.07, 6.45) is 7.85. The molecule has 0 atom stereocenters. The second kappa shape index (κ2) is 9.19. The van der Waals surface area contributed by atoms with Gasteiger partial charge in [-0.25, -0.2) is 0 Å². The van der Waals surface area contributed by atoms with Crippen LogP contribution >= 0.6 is 0 Å². The van der Waals surface area contributed by atoms with Crippen LogP contribution in [0.3, 0.4) is 0 Å². The van der Waals surface area contributed by atoms with Crippen LogP contribution in [0.1, 0.15) is 18.4 Å². The molecule has 5 heteroatoms. The number of nitrogens with zero attached hydrogens (tertiary/aromatic N) is 1. The Morgan fingerprint density at radius 1 is 1.29 bits per heavy atom. The highest BCUT2D eigenvalue weighted by Gasteiger charge is 2.24. The minimum atomic E-state index is 0.101. The molecule has 5 nitrogen and oxygen atoms in total. The first kappa shape index (κ1) is 18.2. The second-order valence-corrected chi connectivity index (χ2v) is 5.98. The number of piperidine rings is 1. The lowest BCUT2D eigenvalue weighted by Gasteiger charge is -2.29. The lowest BCUT2D eigenvalue weighted by Crippen LogP contribution is -2.41. The van der Waals surface area contributed by atoms with Gasteiger partial charge in [-0.05, 0) is 50.0 Å². The van der Waals surface area contributed by atoms with Crippen LogP contribution in [0.2, 0.25) is 0 Å². The van der Waals surface area contributed by atoms with E-state index in [0.717, 1.165) is 37.9 Å². The molecule has 1 saturated heterocycles. The third kappa shape index (κ3) is 4.90. The van der Waals surface area contributed by atoms with Crippen LogP contribution in [0.5, 0.6) is 11.5 Å². The Bertz CT molecular complexity index is 587. The van der Waals surface area contributed by atoms with Gasteiger partial charge in [-0.15, -0.1) is 6.42 Å². The van der Waals surface area contributed by atoms with Gasteiger partial charge in [-0.2, -0.15) is 0 Å². The van der Waals surface area contributed by atoms with Crippen molar-refractivity contribution in [3.8, 4) is 23.8 Å². The van der Waals surface area contributed by atoms with E-state index in [0.29, 0.717) is 24.6 Å². The van der Waals surface area contributed by atoms with Crippen LogP contribution in [-0.2, 0) is 11.2 Å². The number of rotatable bonds is 7. The lowest BCUT2D eigenvalue weighted by molar-refractivity contribution is -0.126. The van der Waals surface area contributed by atoms with E-state index in [1.807, 2.05) is 18.2 Å². The van der Waals surface area contributed by atoms with Crippen molar-refractivity contribution in [3.63, 3.8) is 0 Å². The Morgan fingerprint density at radius 3 is 2.62 bits per heavy atom. The molecule has 0 saturated carbocycles. The van der Waals surface area contributed by atoms with Crippen LogP contribution in [0, 0.1) is 18.3 Å². The molecule has 1 fully saturated rings. The van der Waals surface area contributed by atoms with Crippen molar-refractivity contribution in [2.45, 2.75) is 19.3 Å². The Labute approximate surface area is 144 Å². The number of benzene rings is 1. The number of amides is 1. The van der Waals surface area contributed by atoms with Gasteiger partial charge >= 0.3 is 0 Å². The number of hydrogen-bond donors (Lipinski definition) is 1. The summed E-state index contributed by atoms with van der Waals surface area (Å²) in [5, 5.41) is 3.04. The topological polar surface area (TPSA) is 50.8 Å². The van der Waals surface area contributed by atoms with Crippen molar-refractivity contribution < 1.29 is 14.3 Å². The van der Waals surface area contributed by atoms with E-state index < -0.39 is 0 Å². The molecule has 24 heavy (non-hydrogen) atoms. The lowest BCUT2D eigenvalue weighted by atomic mass is 9.96. The minimum absolute atomic E-state index is 0.101. The van der Waals surface area contributed by atoms with Gasteiger partial charge in [0.2, 0.25) is 5.91 Å². The minimum Gasteiger partial charge on any atom is -0.493 e. The first-order valence-electron chi connectivity index (χ1n) is 8.32. The molecule has 0 unspecified atom stereocenters. The van der Waals surface area contributed by atoms with E-state index >= 15 is 0 Å². The molecule has 1 N–H and O–H groups in total. The summed E-state index contributed by atoms with van der Waals surface area (Å²) in [7, 11) is 3.24. The van der Waals surface area contributed by atoms with Crippen LogP contribution in [-0.4, -0.2) is 51.2 Å². The zero-order chi connectivity index (χ0) is 17.4. The largest absolute Gasteiger partial charge is 0.493 e. The third-order valence-electron chi connectivity index (χ3n) is 4.43. The van der Waals surface area contributed by atoms with E-state index in [2.05, 4.69) is 16.1 Å². The summed E-state index contributed by atoms with van der Waals surface area (Å²) in [5.41, 5.74) is 1.11. The quantitative estimate of drug-likeness (QED) is 0.773. The van der Waals surface area contributed by atoms with Crippen LogP contribution in [0.25, 0.3) is 0 Å². The van der Waals surface area contributed by atoms with E-state index in [1.54, 1.807) is 14.2 Å². The third-order valence-corrected chi connectivity index (χ3v) is 4.43. The predicted octanol–water partition coefficient (Wildman–Crippen LogP) is 1.71. The normalized spacial score (nSPS) is 15.5. The predicted molar refractivity (Wildman–Crippen MR) is 94.3 cm³/mol. The fourth-order valence-electron chi connectivity index (χ4n) is 2.99. The van der Waals surface area contributed by atoms with Gasteiger partial charge < -0.3 is 14.8 Å². The molecule has 1 aromatic carbocycles. The number of ether oxygens (including phenoxy) is 2. The zero-order valence-electron chi connectivity index (χ0n) is 14.5. The summed E-state index contributed by atoms with van der Waals surface area (Å²) < 4.78 is 10.5. The average Bonchev–Trinajstić information content (AvgIpc) is 2.62. The number of carbonyl (C=O) groups excluding carboxylic acids is 1. The highest BCUT2D eigenvalue weighted by atomic mass is 16.5. The Morgan fingerprint density at radius 2 is 2.00 bits per heavy atom. The number of methoxy groups -OCH3 is 2. The van der Waals surface area contributed by atoms with E-state index in [1.165, 1.54) is 0 Å². The maximum atomic E-state index is 12.3. The molecule has 1 amide bonds. The molecule has 0 radical (unpaired) electrons. The monoisotopic (exact) mass is 330 g/mol. The smallest absolute Gasteiger partial charge is 0.223 e. The van der Waals surface area contributed by atoms with Gasteiger partial charge in [-0.1, -0.05) is 12.0 Å². The van der Waals surface area contributed by atoms with E-state index in [4.69, 9.17) is 15.9 Å². The maximum Gasteiger partial charge on any atom is 0.223 e. The fraction of sp³-hybridized carbons (Fsp3) is 0.526. The molecule has 130 valence electrons. The van der Waals surface area contributed by atoms with Gasteiger partial charge in [-0.3, -0.25) is 9.69 Å². The molecule has 0 aromatic heterocycles. The highest BCUT2D eigenvalue weighted by Crippen LogP contribution is 2.27. The molecule has 0 spiro atoms. The molecular formula is C19H26N2O3. The maximum absolute atomic E-state index is 12.3. The average molecular weight is 330 g/mol. The summed E-state index contributed by atoms with van der Waals surface area (Å²) in [5.74, 6) is 4.33. The Kier molecular flexibility index (Phi) is 6.95. The van der Waals surface area contributed by atoms with Gasteiger partial charge in [0.05, 0.1) is 20.8 Å². The van der Waals surface area contributed by atoms with Gasteiger partial charge in [0.15, 0.2) is 11.5 Å². The van der Waals surface area contributed by atoms with Crippen molar-refractivity contribution in [2.75, 3.05) is 40.4 Å². The van der Waals surface area contributed by atoms with E-state index in [9.17, 15) is 4.79 Å². The second-order valence-electron chi connectivity index (χ2n) is 5.98. The van der Waals surface area contributed by atoms with Crippen LogP contribution in [0.4, 0.5) is 0 Å². The number of hydrogen-bond acceptors (Lipinski definition) is 4. The SMILES string of the molecule is C#CCN1CCC(C(=O)NCCc2ccc(OC)c(OC)c2)CC1. The van der Waals surface area contributed by atoms with Crippen molar-refractivity contribution in [2.24, 2.45) is 5.92 Å². The molecule has 0 aliphatic carbocycles. The molecule has 1 aliphatic heterocycles. The Hall–Kier alpha value is -2.19. The fourth-order valence-corrected chi connectivity index (χ4v) is 2.99. The first-order valence-corrected chi connectivity index (χ1v) is 8.32. The molecule has 0 bridgehead atoms. The highest BCUT2D eigenvalue weighted by molar-refractivity contribution is 5.78. The van der Waals surface area contributed by atoms with E-state index in [-0.39, 0.29) is 11.8 Å². The van der Waals surface area contributed by atoms with Crippen LogP contribution in [0.15, 0.2) is 18.2 Å². The van der Waals surface area contributed by atoms with Crippen LogP contribution < -0.4 is 14.8 Å². The van der Waals surface area contributed by atoms with Gasteiger partial charge in [0.25, 0.3) is 0 Å². The summed E-state index contributed by atoms with van der Waals surface area (Å²) >= 11 is 0. The van der Waals surface area contributed by atoms with Crippen molar-refractivity contribution >= 4 is 5.91 Å². The number of carbonyl (C=O) groups is 1. The Balaban J connectivity index is 1.76. The first-order chi connectivity index (χ1) is 11.7. The van der Waals surface area contributed by atoms with Gasteiger partial charge in [0.1, 0.15) is 0 Å². The van der Waals surface area contributed by atoms with Crippen molar-refractivity contribution in [3.05, 3.63) is 23.8 Å². The molecule has 2 rings (SSSR count). The van der Waals surface area contributed by atoms with Crippen molar-refractivity contribution in [1.82, 2.24) is 10.2 Å². The zero-order valence-corrected chi connectivity index (χ0v) is 14.5. The molecular weight excluding hydrogens is 304 g/mol.